The summed E-state index contributed by atoms with van der Waals surface area (Å²) in [5, 5.41) is 0. The number of rotatable bonds is 7. The third kappa shape index (κ3) is 5.02. The van der Waals surface area contributed by atoms with Gasteiger partial charge >= 0.3 is 23.2 Å². The molecule has 0 radical (unpaired) electrons. The van der Waals surface area contributed by atoms with Gasteiger partial charge in [-0.2, -0.15) is 13.2 Å². The number of hydrogen-bond donors (Lipinski definition) is 1. The summed E-state index contributed by atoms with van der Waals surface area (Å²) < 4.78 is 62.4. The SMILES string of the molecule is COc1cccc(-n2c(=O)n(Cc3ccccc3C(F)(F)F)c(=O)n(CC(N)c3ccccc3)c2=O)c1F. The number of alkyl halides is 3. The summed E-state index contributed by atoms with van der Waals surface area (Å²) in [7, 11) is 1.18. The van der Waals surface area contributed by atoms with E-state index in [1.54, 1.807) is 30.3 Å². The van der Waals surface area contributed by atoms with Crippen LogP contribution in [-0.4, -0.2) is 20.8 Å². The molecule has 3 aromatic carbocycles. The molecule has 0 aliphatic heterocycles. The lowest BCUT2D eigenvalue weighted by Gasteiger charge is -2.19. The Balaban J connectivity index is 1.98. The average Bonchev–Trinajstić information content (AvgIpc) is 2.90. The Hall–Kier alpha value is -4.45. The predicted octanol–water partition coefficient (Wildman–Crippen LogP) is 3.08. The minimum atomic E-state index is -4.78. The highest BCUT2D eigenvalue weighted by Gasteiger charge is 2.33. The lowest BCUT2D eigenvalue weighted by molar-refractivity contribution is -0.138. The van der Waals surface area contributed by atoms with Gasteiger partial charge in [0.25, 0.3) is 0 Å². The third-order valence-corrected chi connectivity index (χ3v) is 5.97. The fourth-order valence-electron chi connectivity index (χ4n) is 4.07. The molecule has 198 valence electrons. The first-order valence-electron chi connectivity index (χ1n) is 11.3. The van der Waals surface area contributed by atoms with Gasteiger partial charge in [0.05, 0.1) is 31.5 Å². The summed E-state index contributed by atoms with van der Waals surface area (Å²) in [6.07, 6.45) is -4.78. The van der Waals surface area contributed by atoms with Crippen LogP contribution in [0.2, 0.25) is 0 Å². The molecule has 0 aliphatic carbocycles. The number of nitrogens with two attached hydrogens (primary N) is 1. The van der Waals surface area contributed by atoms with Crippen molar-refractivity contribution in [2.24, 2.45) is 5.73 Å². The maximum atomic E-state index is 15.2. The van der Waals surface area contributed by atoms with Crippen LogP contribution < -0.4 is 27.5 Å². The van der Waals surface area contributed by atoms with Crippen molar-refractivity contribution in [2.45, 2.75) is 25.3 Å². The van der Waals surface area contributed by atoms with E-state index in [4.69, 9.17) is 10.5 Å². The smallest absolute Gasteiger partial charge is 0.416 e. The highest BCUT2D eigenvalue weighted by Crippen LogP contribution is 2.32. The highest BCUT2D eigenvalue weighted by molar-refractivity contribution is 5.41. The van der Waals surface area contributed by atoms with Crippen LogP contribution in [0.15, 0.2) is 87.2 Å². The van der Waals surface area contributed by atoms with Crippen LogP contribution >= 0.6 is 0 Å². The van der Waals surface area contributed by atoms with Gasteiger partial charge in [0.2, 0.25) is 0 Å². The standard InChI is InChI=1S/C26H22F4N4O4/c1-38-21-13-7-12-20(22(21)27)34-24(36)32(14-17-10-5-6-11-18(17)26(28,29)30)23(35)33(25(34)37)15-19(31)16-8-3-2-4-9-16/h2-13,19H,14-15,31H2,1H3. The molecule has 0 spiro atoms. The molecule has 0 saturated heterocycles. The van der Waals surface area contributed by atoms with Crippen LogP contribution in [0.25, 0.3) is 5.69 Å². The minimum Gasteiger partial charge on any atom is -0.494 e. The van der Waals surface area contributed by atoms with Gasteiger partial charge in [0.15, 0.2) is 11.6 Å². The maximum absolute atomic E-state index is 15.2. The Labute approximate surface area is 212 Å². The predicted molar refractivity (Wildman–Crippen MR) is 131 cm³/mol. The fourth-order valence-corrected chi connectivity index (χ4v) is 4.07. The number of hydrogen-bond acceptors (Lipinski definition) is 5. The van der Waals surface area contributed by atoms with E-state index in [0.29, 0.717) is 19.3 Å². The first kappa shape index (κ1) is 26.6. The minimum absolute atomic E-state index is 0.290. The zero-order valence-electron chi connectivity index (χ0n) is 20.0. The average molecular weight is 530 g/mol. The quantitative estimate of drug-likeness (QED) is 0.370. The van der Waals surface area contributed by atoms with Crippen LogP contribution in [0, 0.1) is 5.82 Å². The molecule has 1 unspecified atom stereocenters. The van der Waals surface area contributed by atoms with Gasteiger partial charge in [-0.25, -0.2) is 32.5 Å². The Morgan fingerprint density at radius 3 is 2.13 bits per heavy atom. The molecule has 12 heteroatoms. The molecule has 38 heavy (non-hydrogen) atoms. The van der Waals surface area contributed by atoms with Gasteiger partial charge in [-0.1, -0.05) is 54.6 Å². The molecule has 4 rings (SSSR count). The van der Waals surface area contributed by atoms with Crippen molar-refractivity contribution in [1.82, 2.24) is 13.7 Å². The van der Waals surface area contributed by atoms with E-state index >= 15 is 4.39 Å². The Morgan fingerprint density at radius 2 is 1.47 bits per heavy atom. The van der Waals surface area contributed by atoms with E-state index in [2.05, 4.69) is 0 Å². The Bertz CT molecular complexity index is 1640. The third-order valence-electron chi connectivity index (χ3n) is 5.97. The zero-order valence-corrected chi connectivity index (χ0v) is 20.0. The van der Waals surface area contributed by atoms with Crippen LogP contribution in [0.4, 0.5) is 17.6 Å². The monoisotopic (exact) mass is 530 g/mol. The molecule has 8 nitrogen and oxygen atoms in total. The number of aromatic nitrogens is 3. The molecule has 4 aromatic rings. The maximum Gasteiger partial charge on any atom is 0.416 e. The molecule has 0 saturated carbocycles. The van der Waals surface area contributed by atoms with E-state index in [1.807, 2.05) is 0 Å². The van der Waals surface area contributed by atoms with E-state index in [-0.39, 0.29) is 5.75 Å². The first-order valence-corrected chi connectivity index (χ1v) is 11.3. The lowest BCUT2D eigenvalue weighted by atomic mass is 10.1. The summed E-state index contributed by atoms with van der Waals surface area (Å²) in [6, 6.07) is 15.6. The Kier molecular flexibility index (Phi) is 7.35. The van der Waals surface area contributed by atoms with Crippen LogP contribution in [0.3, 0.4) is 0 Å². The lowest BCUT2D eigenvalue weighted by Crippen LogP contribution is -2.55. The van der Waals surface area contributed by atoms with Gasteiger partial charge in [-0.05, 0) is 29.3 Å². The van der Waals surface area contributed by atoms with Gasteiger partial charge in [0.1, 0.15) is 0 Å². The molecule has 0 amide bonds. The molecule has 2 N–H and O–H groups in total. The largest absolute Gasteiger partial charge is 0.494 e. The first-order chi connectivity index (χ1) is 18.0. The molecule has 0 bridgehead atoms. The number of ether oxygens (including phenoxy) is 1. The Morgan fingerprint density at radius 1 is 0.842 bits per heavy atom. The van der Waals surface area contributed by atoms with Crippen LogP contribution in [0.5, 0.6) is 5.75 Å². The fraction of sp³-hybridized carbons (Fsp3) is 0.192. The van der Waals surface area contributed by atoms with Crippen molar-refractivity contribution in [3.8, 4) is 11.4 Å². The number of benzene rings is 3. The summed E-state index contributed by atoms with van der Waals surface area (Å²) in [5.74, 6) is -1.37. The van der Waals surface area contributed by atoms with Gasteiger partial charge in [-0.15, -0.1) is 0 Å². The van der Waals surface area contributed by atoms with Crippen molar-refractivity contribution >= 4 is 0 Å². The van der Waals surface area contributed by atoms with Crippen LogP contribution in [-0.2, 0) is 19.3 Å². The number of halogens is 4. The molecular formula is C26H22F4N4O4. The molecule has 1 heterocycles. The van der Waals surface area contributed by atoms with E-state index in [1.165, 1.54) is 31.4 Å². The van der Waals surface area contributed by atoms with Crippen LogP contribution in [0.1, 0.15) is 22.7 Å². The summed E-state index contributed by atoms with van der Waals surface area (Å²) in [5.41, 5.74) is 1.04. The molecule has 0 fully saturated rings. The number of nitrogens with zero attached hydrogens (tertiary/aromatic N) is 3. The van der Waals surface area contributed by atoms with Crippen molar-refractivity contribution < 1.29 is 22.3 Å². The molecular weight excluding hydrogens is 508 g/mol. The molecule has 1 atom stereocenters. The van der Waals surface area contributed by atoms with Crippen molar-refractivity contribution in [1.29, 1.82) is 0 Å². The van der Waals surface area contributed by atoms with E-state index in [9.17, 15) is 27.6 Å². The normalized spacial score (nSPS) is 12.4. The molecule has 0 aliphatic rings. The van der Waals surface area contributed by atoms with Crippen molar-refractivity contribution in [2.75, 3.05) is 7.11 Å². The van der Waals surface area contributed by atoms with Gasteiger partial charge in [0, 0.05) is 6.04 Å². The van der Waals surface area contributed by atoms with E-state index in [0.717, 1.165) is 18.2 Å². The summed E-state index contributed by atoms with van der Waals surface area (Å²) >= 11 is 0. The highest BCUT2D eigenvalue weighted by atomic mass is 19.4. The summed E-state index contributed by atoms with van der Waals surface area (Å²) in [4.78, 5) is 40.3. The number of methoxy groups -OCH3 is 1. The second-order valence-electron chi connectivity index (χ2n) is 8.35. The summed E-state index contributed by atoms with van der Waals surface area (Å²) in [6.45, 7) is -1.27. The topological polar surface area (TPSA) is 101 Å². The van der Waals surface area contributed by atoms with Gasteiger partial charge in [-0.3, -0.25) is 0 Å². The van der Waals surface area contributed by atoms with Crippen molar-refractivity contribution in [3.63, 3.8) is 0 Å². The molecule has 1 aromatic heterocycles. The second-order valence-corrected chi connectivity index (χ2v) is 8.35. The zero-order chi connectivity index (χ0) is 27.6. The van der Waals surface area contributed by atoms with Crippen molar-refractivity contribution in [3.05, 3.63) is 127 Å². The van der Waals surface area contributed by atoms with E-state index < -0.39 is 65.0 Å². The van der Waals surface area contributed by atoms with Gasteiger partial charge < -0.3 is 10.5 Å². The second kappa shape index (κ2) is 10.5.